The van der Waals surface area contributed by atoms with Crippen LogP contribution >= 0.6 is 27.3 Å². The lowest BCUT2D eigenvalue weighted by atomic mass is 9.85. The fourth-order valence-electron chi connectivity index (χ4n) is 2.42. The van der Waals surface area contributed by atoms with Crippen LogP contribution in [0.5, 0.6) is 0 Å². The first-order valence-corrected chi connectivity index (χ1v) is 7.71. The minimum atomic E-state index is 0.312. The van der Waals surface area contributed by atoms with E-state index in [1.807, 2.05) is 11.4 Å². The van der Waals surface area contributed by atoms with Crippen molar-refractivity contribution in [2.75, 3.05) is 0 Å². The SMILES string of the molecule is O=C(CCC1CCCCC1)c1sccc1Br. The Labute approximate surface area is 109 Å². The van der Waals surface area contributed by atoms with E-state index in [0.717, 1.165) is 28.1 Å². The van der Waals surface area contributed by atoms with Crippen molar-refractivity contribution < 1.29 is 4.79 Å². The first kappa shape index (κ1) is 12.3. The van der Waals surface area contributed by atoms with Crippen molar-refractivity contribution in [3.8, 4) is 0 Å². The van der Waals surface area contributed by atoms with E-state index >= 15 is 0 Å². The molecule has 1 aromatic rings. The van der Waals surface area contributed by atoms with Crippen molar-refractivity contribution >= 4 is 33.0 Å². The fraction of sp³-hybridized carbons (Fsp3) is 0.615. The molecule has 0 atom stereocenters. The fourth-order valence-corrected chi connectivity index (χ4v) is 3.98. The van der Waals surface area contributed by atoms with E-state index < -0.39 is 0 Å². The van der Waals surface area contributed by atoms with Crippen LogP contribution in [0.15, 0.2) is 15.9 Å². The maximum Gasteiger partial charge on any atom is 0.173 e. The van der Waals surface area contributed by atoms with Crippen molar-refractivity contribution in [3.05, 3.63) is 20.8 Å². The summed E-state index contributed by atoms with van der Waals surface area (Å²) in [4.78, 5) is 12.8. The van der Waals surface area contributed by atoms with Crippen LogP contribution in [0.4, 0.5) is 0 Å². The van der Waals surface area contributed by atoms with Crippen molar-refractivity contribution in [2.24, 2.45) is 5.92 Å². The zero-order chi connectivity index (χ0) is 11.4. The number of carbonyl (C=O) groups excluding carboxylic acids is 1. The van der Waals surface area contributed by atoms with Gasteiger partial charge in [0, 0.05) is 10.9 Å². The molecule has 1 heterocycles. The number of carbonyl (C=O) groups is 1. The number of thiophene rings is 1. The molecule has 1 nitrogen and oxygen atoms in total. The van der Waals surface area contributed by atoms with Gasteiger partial charge in [-0.15, -0.1) is 11.3 Å². The van der Waals surface area contributed by atoms with Gasteiger partial charge >= 0.3 is 0 Å². The van der Waals surface area contributed by atoms with Gasteiger partial charge in [0.2, 0.25) is 0 Å². The van der Waals surface area contributed by atoms with Crippen LogP contribution in [-0.4, -0.2) is 5.78 Å². The molecule has 1 saturated carbocycles. The second kappa shape index (κ2) is 5.97. The van der Waals surface area contributed by atoms with E-state index in [9.17, 15) is 4.79 Å². The summed E-state index contributed by atoms with van der Waals surface area (Å²) in [7, 11) is 0. The quantitative estimate of drug-likeness (QED) is 0.711. The van der Waals surface area contributed by atoms with Crippen LogP contribution in [0.3, 0.4) is 0 Å². The lowest BCUT2D eigenvalue weighted by Gasteiger charge is -2.20. The Morgan fingerprint density at radius 3 is 2.75 bits per heavy atom. The maximum absolute atomic E-state index is 11.9. The summed E-state index contributed by atoms with van der Waals surface area (Å²) in [5.41, 5.74) is 0. The molecule has 0 saturated heterocycles. The highest BCUT2D eigenvalue weighted by Crippen LogP contribution is 2.29. The highest BCUT2D eigenvalue weighted by atomic mass is 79.9. The number of ketones is 1. The van der Waals surface area contributed by atoms with Crippen molar-refractivity contribution in [1.29, 1.82) is 0 Å². The number of hydrogen-bond donors (Lipinski definition) is 0. The van der Waals surface area contributed by atoms with Gasteiger partial charge in [-0.25, -0.2) is 0 Å². The van der Waals surface area contributed by atoms with E-state index in [-0.39, 0.29) is 0 Å². The summed E-state index contributed by atoms with van der Waals surface area (Å²) in [6.45, 7) is 0. The standard InChI is InChI=1S/C13H17BrOS/c14-11-8-9-16-13(11)12(15)7-6-10-4-2-1-3-5-10/h8-10H,1-7H2. The average molecular weight is 301 g/mol. The Hall–Kier alpha value is -0.150. The number of rotatable bonds is 4. The van der Waals surface area contributed by atoms with Crippen LogP contribution in [-0.2, 0) is 0 Å². The largest absolute Gasteiger partial charge is 0.293 e. The van der Waals surface area contributed by atoms with Crippen LogP contribution < -0.4 is 0 Å². The third-order valence-corrected chi connectivity index (χ3v) is 5.25. The van der Waals surface area contributed by atoms with E-state index in [4.69, 9.17) is 0 Å². The third kappa shape index (κ3) is 3.17. The molecule has 1 fully saturated rings. The van der Waals surface area contributed by atoms with E-state index in [2.05, 4.69) is 15.9 Å². The molecule has 0 amide bonds. The highest BCUT2D eigenvalue weighted by molar-refractivity contribution is 9.10. The maximum atomic E-state index is 11.9. The zero-order valence-corrected chi connectivity index (χ0v) is 11.8. The summed E-state index contributed by atoms with van der Waals surface area (Å²) in [5.74, 6) is 1.11. The van der Waals surface area contributed by atoms with Gasteiger partial charge in [0.05, 0.1) is 4.88 Å². The molecule has 1 aliphatic rings. The first-order chi connectivity index (χ1) is 7.77. The Morgan fingerprint density at radius 2 is 2.12 bits per heavy atom. The van der Waals surface area contributed by atoms with E-state index in [1.165, 1.54) is 32.1 Å². The Kier molecular flexibility index (Phi) is 4.59. The zero-order valence-electron chi connectivity index (χ0n) is 9.38. The molecule has 88 valence electrons. The van der Waals surface area contributed by atoms with Crippen LogP contribution in [0.25, 0.3) is 0 Å². The molecule has 0 bridgehead atoms. The molecule has 0 spiro atoms. The Balaban J connectivity index is 1.81. The Morgan fingerprint density at radius 1 is 1.38 bits per heavy atom. The van der Waals surface area contributed by atoms with Gasteiger partial charge < -0.3 is 0 Å². The van der Waals surface area contributed by atoms with Crippen molar-refractivity contribution in [3.63, 3.8) is 0 Å². The number of hydrogen-bond acceptors (Lipinski definition) is 2. The van der Waals surface area contributed by atoms with E-state index in [1.54, 1.807) is 11.3 Å². The minimum Gasteiger partial charge on any atom is -0.293 e. The molecule has 0 aliphatic heterocycles. The van der Waals surface area contributed by atoms with Gasteiger partial charge in [-0.1, -0.05) is 32.1 Å². The predicted molar refractivity (Wildman–Crippen MR) is 72.2 cm³/mol. The molecule has 1 aromatic heterocycles. The Bertz CT molecular complexity index is 353. The highest BCUT2D eigenvalue weighted by Gasteiger charge is 2.17. The van der Waals surface area contributed by atoms with Gasteiger partial charge in [-0.3, -0.25) is 4.79 Å². The summed E-state index contributed by atoms with van der Waals surface area (Å²) >= 11 is 4.97. The van der Waals surface area contributed by atoms with Crippen LogP contribution in [0.2, 0.25) is 0 Å². The molecule has 3 heteroatoms. The average Bonchev–Trinajstić information content (AvgIpc) is 2.74. The van der Waals surface area contributed by atoms with Crippen LogP contribution in [0, 0.1) is 5.92 Å². The lowest BCUT2D eigenvalue weighted by Crippen LogP contribution is -2.08. The first-order valence-electron chi connectivity index (χ1n) is 6.03. The second-order valence-electron chi connectivity index (χ2n) is 4.56. The van der Waals surface area contributed by atoms with Gasteiger partial charge in [0.1, 0.15) is 0 Å². The molecule has 0 radical (unpaired) electrons. The minimum absolute atomic E-state index is 0.312. The van der Waals surface area contributed by atoms with Gasteiger partial charge in [0.25, 0.3) is 0 Å². The third-order valence-electron chi connectivity index (χ3n) is 3.37. The smallest absolute Gasteiger partial charge is 0.173 e. The van der Waals surface area contributed by atoms with Crippen molar-refractivity contribution in [1.82, 2.24) is 0 Å². The monoisotopic (exact) mass is 300 g/mol. The molecule has 1 aliphatic carbocycles. The molecule has 2 rings (SSSR count). The van der Waals surface area contributed by atoms with E-state index in [0.29, 0.717) is 5.78 Å². The number of halogens is 1. The lowest BCUT2D eigenvalue weighted by molar-refractivity contribution is 0.0973. The van der Waals surface area contributed by atoms with Gasteiger partial charge in [-0.05, 0) is 39.7 Å². The second-order valence-corrected chi connectivity index (χ2v) is 6.33. The molecular weight excluding hydrogens is 284 g/mol. The summed E-state index contributed by atoms with van der Waals surface area (Å²) in [5, 5.41) is 1.97. The predicted octanol–water partition coefficient (Wildman–Crippen LogP) is 5.05. The molecule has 0 N–H and O–H groups in total. The molecule has 0 unspecified atom stereocenters. The molecule has 0 aromatic carbocycles. The molecule has 16 heavy (non-hydrogen) atoms. The molecular formula is C13H17BrOS. The normalized spacial score (nSPS) is 17.6. The van der Waals surface area contributed by atoms with Crippen molar-refractivity contribution in [2.45, 2.75) is 44.9 Å². The van der Waals surface area contributed by atoms with Crippen LogP contribution in [0.1, 0.15) is 54.6 Å². The number of Topliss-reactive ketones (excluding diaryl/α,β-unsaturated/α-hetero) is 1. The topological polar surface area (TPSA) is 17.1 Å². The van der Waals surface area contributed by atoms with Gasteiger partial charge in [0.15, 0.2) is 5.78 Å². The summed E-state index contributed by atoms with van der Waals surface area (Å²) < 4.78 is 0.964. The summed E-state index contributed by atoms with van der Waals surface area (Å²) in [6.07, 6.45) is 8.59. The summed E-state index contributed by atoms with van der Waals surface area (Å²) in [6, 6.07) is 1.96. The van der Waals surface area contributed by atoms with Gasteiger partial charge in [-0.2, -0.15) is 0 Å².